The number of quaternary nitrogens is 1. The highest BCUT2D eigenvalue weighted by Crippen LogP contribution is 2.20. The van der Waals surface area contributed by atoms with Gasteiger partial charge < -0.3 is 4.48 Å². The van der Waals surface area contributed by atoms with E-state index in [1.807, 2.05) is 0 Å². The molecule has 0 aliphatic heterocycles. The highest BCUT2D eigenvalue weighted by molar-refractivity contribution is 5.13. The maximum absolute atomic E-state index is 2.38. The van der Waals surface area contributed by atoms with Gasteiger partial charge in [0.25, 0.3) is 0 Å². The van der Waals surface area contributed by atoms with E-state index < -0.39 is 0 Å². The van der Waals surface area contributed by atoms with Gasteiger partial charge in [-0.1, -0.05) is 87.6 Å². The van der Waals surface area contributed by atoms with E-state index in [0.29, 0.717) is 0 Å². The van der Waals surface area contributed by atoms with Crippen molar-refractivity contribution in [3.63, 3.8) is 0 Å². The second-order valence-electron chi connectivity index (χ2n) is 8.22. The van der Waals surface area contributed by atoms with Crippen molar-refractivity contribution < 1.29 is 4.48 Å². The maximum atomic E-state index is 2.38. The van der Waals surface area contributed by atoms with Crippen LogP contribution in [0.15, 0.2) is 66.8 Å². The predicted molar refractivity (Wildman–Crippen MR) is 131 cm³/mol. The van der Waals surface area contributed by atoms with Crippen LogP contribution in [-0.2, 0) is 6.54 Å². The molecule has 0 aromatic heterocycles. The van der Waals surface area contributed by atoms with E-state index >= 15 is 0 Å². The molecular weight excluding hydrogens is 350 g/mol. The average Bonchev–Trinajstić information content (AvgIpc) is 2.74. The highest BCUT2D eigenvalue weighted by Gasteiger charge is 2.26. The van der Waals surface area contributed by atoms with Crippen LogP contribution in [-0.4, -0.2) is 24.1 Å². The molecule has 0 atom stereocenters. The number of nitrogens with zero attached hydrogens (tertiary/aromatic N) is 1. The van der Waals surface area contributed by atoms with E-state index in [9.17, 15) is 0 Å². The zero-order valence-electron chi connectivity index (χ0n) is 19.5. The second kappa shape index (κ2) is 17.3. The van der Waals surface area contributed by atoms with Crippen molar-refractivity contribution in [2.45, 2.75) is 85.1 Å². The number of unbranched alkanes of at least 4 members (excludes halogenated alkanes) is 3. The zero-order valence-corrected chi connectivity index (χ0v) is 19.5. The molecule has 1 nitrogen and oxygen atoms in total. The quantitative estimate of drug-likeness (QED) is 0.141. The minimum Gasteiger partial charge on any atom is -0.320 e. The lowest BCUT2D eigenvalue weighted by atomic mass is 10.1. The van der Waals surface area contributed by atoms with Crippen LogP contribution in [0.1, 0.15) is 84.1 Å². The van der Waals surface area contributed by atoms with Gasteiger partial charge in [0.15, 0.2) is 0 Å². The van der Waals surface area contributed by atoms with Crippen LogP contribution in [0.25, 0.3) is 0 Å². The number of benzene rings is 1. The fourth-order valence-corrected chi connectivity index (χ4v) is 4.03. The van der Waals surface area contributed by atoms with Crippen LogP contribution >= 0.6 is 0 Å². The SMILES string of the molecule is CC/C=C/CCC[N+](CCC/C=C/CC)(CCC/C=C/CC)Cc1ccccc1. The first-order valence-electron chi connectivity index (χ1n) is 12.1. The number of allylic oxidation sites excluding steroid dienone is 6. The molecule has 0 amide bonds. The van der Waals surface area contributed by atoms with Crippen molar-refractivity contribution in [2.75, 3.05) is 19.6 Å². The molecule has 1 heteroatoms. The summed E-state index contributed by atoms with van der Waals surface area (Å²) >= 11 is 0. The van der Waals surface area contributed by atoms with Gasteiger partial charge in [0.1, 0.15) is 6.54 Å². The summed E-state index contributed by atoms with van der Waals surface area (Å²) < 4.78 is 1.24. The van der Waals surface area contributed by atoms with E-state index in [2.05, 4.69) is 87.6 Å². The molecule has 1 aromatic rings. The predicted octanol–water partition coefficient (Wildman–Crippen LogP) is 8.24. The second-order valence-corrected chi connectivity index (χ2v) is 8.22. The van der Waals surface area contributed by atoms with E-state index in [-0.39, 0.29) is 0 Å². The Morgan fingerprint density at radius 3 is 1.38 bits per heavy atom. The first-order chi connectivity index (χ1) is 14.3. The maximum Gasteiger partial charge on any atom is 0.104 e. The van der Waals surface area contributed by atoms with Gasteiger partial charge in [-0.2, -0.15) is 0 Å². The van der Waals surface area contributed by atoms with Gasteiger partial charge in [-0.15, -0.1) is 0 Å². The minimum absolute atomic E-state index is 1.15. The summed E-state index contributed by atoms with van der Waals surface area (Å²) in [6.07, 6.45) is 25.1. The Morgan fingerprint density at radius 1 is 0.586 bits per heavy atom. The smallest absolute Gasteiger partial charge is 0.104 e. The normalized spacial score (nSPS) is 12.7. The van der Waals surface area contributed by atoms with Crippen molar-refractivity contribution in [3.8, 4) is 0 Å². The van der Waals surface area contributed by atoms with Crippen molar-refractivity contribution in [3.05, 3.63) is 72.4 Å². The first kappa shape index (κ1) is 25.4. The average molecular weight is 397 g/mol. The van der Waals surface area contributed by atoms with Crippen molar-refractivity contribution in [1.82, 2.24) is 0 Å². The molecule has 0 heterocycles. The molecule has 0 aliphatic rings. The van der Waals surface area contributed by atoms with Gasteiger partial charge in [-0.25, -0.2) is 0 Å². The summed E-state index contributed by atoms with van der Waals surface area (Å²) in [6, 6.07) is 11.2. The van der Waals surface area contributed by atoms with Crippen LogP contribution in [0.5, 0.6) is 0 Å². The summed E-state index contributed by atoms with van der Waals surface area (Å²) in [5.74, 6) is 0. The molecule has 0 bridgehead atoms. The molecule has 1 rings (SSSR count). The largest absolute Gasteiger partial charge is 0.320 e. The Morgan fingerprint density at radius 2 is 1.00 bits per heavy atom. The Kier molecular flexibility index (Phi) is 15.2. The molecule has 0 saturated carbocycles. The Balaban J connectivity index is 2.85. The molecule has 0 spiro atoms. The fraction of sp³-hybridized carbons (Fsp3) is 0.571. The van der Waals surface area contributed by atoms with Gasteiger partial charge in [-0.3, -0.25) is 0 Å². The summed E-state index contributed by atoms with van der Waals surface area (Å²) in [5.41, 5.74) is 1.49. The summed E-state index contributed by atoms with van der Waals surface area (Å²) in [5, 5.41) is 0. The van der Waals surface area contributed by atoms with Gasteiger partial charge in [0, 0.05) is 24.8 Å². The Labute approximate surface area is 181 Å². The molecule has 0 aliphatic carbocycles. The van der Waals surface area contributed by atoms with Crippen LogP contribution in [0.4, 0.5) is 0 Å². The van der Waals surface area contributed by atoms with Crippen molar-refractivity contribution in [2.24, 2.45) is 0 Å². The van der Waals surface area contributed by atoms with Crippen LogP contribution in [0.3, 0.4) is 0 Å². The lowest BCUT2D eigenvalue weighted by molar-refractivity contribution is -0.941. The number of rotatable bonds is 17. The minimum atomic E-state index is 1.15. The molecule has 29 heavy (non-hydrogen) atoms. The fourth-order valence-electron chi connectivity index (χ4n) is 4.03. The molecule has 1 aromatic carbocycles. The summed E-state index contributed by atoms with van der Waals surface area (Å²) in [6.45, 7) is 11.7. The zero-order chi connectivity index (χ0) is 21.0. The Hall–Kier alpha value is -1.60. The highest BCUT2D eigenvalue weighted by atomic mass is 15.3. The molecule has 0 fully saturated rings. The monoisotopic (exact) mass is 396 g/mol. The third kappa shape index (κ3) is 12.5. The van der Waals surface area contributed by atoms with E-state index in [1.165, 1.54) is 74.8 Å². The van der Waals surface area contributed by atoms with Crippen LogP contribution in [0, 0.1) is 0 Å². The lowest BCUT2D eigenvalue weighted by Crippen LogP contribution is -2.49. The molecular formula is C28H46N+. The third-order valence-corrected chi connectivity index (χ3v) is 5.58. The molecule has 0 saturated heterocycles. The van der Waals surface area contributed by atoms with Gasteiger partial charge >= 0.3 is 0 Å². The topological polar surface area (TPSA) is 0 Å². The van der Waals surface area contributed by atoms with Gasteiger partial charge in [-0.05, 0) is 38.5 Å². The summed E-state index contributed by atoms with van der Waals surface area (Å²) in [4.78, 5) is 0. The standard InChI is InChI=1S/C28H46N/c1-4-7-10-13-19-24-29(25-20-14-11-8-5-2,26-21-15-12-9-6-3)27-28-22-17-16-18-23-28/h7-12,16-18,22-23H,4-6,13-15,19-21,24-27H2,1-3H3/q+1/b10-7+,11-8+,12-9+. The van der Waals surface area contributed by atoms with Crippen molar-refractivity contribution >= 4 is 0 Å². The van der Waals surface area contributed by atoms with Gasteiger partial charge in [0.05, 0.1) is 19.6 Å². The lowest BCUT2D eigenvalue weighted by Gasteiger charge is -2.39. The van der Waals surface area contributed by atoms with E-state index in [0.717, 1.165) is 19.3 Å². The number of hydrogen-bond acceptors (Lipinski definition) is 0. The first-order valence-corrected chi connectivity index (χ1v) is 12.1. The number of hydrogen-bond donors (Lipinski definition) is 0. The Bertz CT molecular complexity index is 517. The molecule has 0 radical (unpaired) electrons. The molecule has 0 N–H and O–H groups in total. The summed E-state index contributed by atoms with van der Waals surface area (Å²) in [7, 11) is 0. The van der Waals surface area contributed by atoms with E-state index in [4.69, 9.17) is 0 Å². The van der Waals surface area contributed by atoms with Gasteiger partial charge in [0.2, 0.25) is 0 Å². The van der Waals surface area contributed by atoms with Crippen LogP contribution < -0.4 is 0 Å². The molecule has 0 unspecified atom stereocenters. The molecule has 162 valence electrons. The van der Waals surface area contributed by atoms with Crippen LogP contribution in [0.2, 0.25) is 0 Å². The van der Waals surface area contributed by atoms with E-state index in [1.54, 1.807) is 0 Å². The third-order valence-electron chi connectivity index (χ3n) is 5.58. The van der Waals surface area contributed by atoms with Crippen molar-refractivity contribution in [1.29, 1.82) is 0 Å².